The third-order valence-electron chi connectivity index (χ3n) is 5.42. The minimum absolute atomic E-state index is 0.262. The summed E-state index contributed by atoms with van der Waals surface area (Å²) in [5, 5.41) is 2.87. The number of benzene rings is 3. The van der Waals surface area contributed by atoms with Gasteiger partial charge in [0.2, 0.25) is 11.8 Å². The molecular weight excluding hydrogens is 438 g/mol. The highest BCUT2D eigenvalue weighted by Crippen LogP contribution is 2.28. The van der Waals surface area contributed by atoms with Gasteiger partial charge in [-0.2, -0.15) is 0 Å². The first kappa shape index (κ1) is 22.8. The number of fused-ring (bicyclic) bond motifs is 1. The van der Waals surface area contributed by atoms with Crippen molar-refractivity contribution in [2.75, 3.05) is 18.6 Å². The predicted molar refractivity (Wildman–Crippen MR) is 124 cm³/mol. The summed E-state index contributed by atoms with van der Waals surface area (Å²) in [5.74, 6) is -1.37. The minimum atomic E-state index is -1.17. The second-order valence-corrected chi connectivity index (χ2v) is 7.71. The van der Waals surface area contributed by atoms with E-state index in [0.717, 1.165) is 20.7 Å². The van der Waals surface area contributed by atoms with Gasteiger partial charge in [0.15, 0.2) is 6.61 Å². The zero-order valence-electron chi connectivity index (χ0n) is 18.7. The van der Waals surface area contributed by atoms with Crippen LogP contribution < -0.4 is 19.8 Å². The van der Waals surface area contributed by atoms with Gasteiger partial charge in [-0.3, -0.25) is 24.6 Å². The molecule has 34 heavy (non-hydrogen) atoms. The zero-order valence-corrected chi connectivity index (χ0v) is 18.7. The summed E-state index contributed by atoms with van der Waals surface area (Å²) >= 11 is 0. The van der Waals surface area contributed by atoms with Crippen LogP contribution in [0.15, 0.2) is 66.7 Å². The lowest BCUT2D eigenvalue weighted by Gasteiger charge is -2.26. The lowest BCUT2D eigenvalue weighted by molar-refractivity contribution is -0.146. The summed E-state index contributed by atoms with van der Waals surface area (Å²) in [4.78, 5) is 51.4. The Balaban J connectivity index is 1.44. The Kier molecular flexibility index (Phi) is 6.44. The third kappa shape index (κ3) is 4.68. The number of methoxy groups -OCH3 is 1. The molecule has 4 amide bonds. The van der Waals surface area contributed by atoms with Crippen molar-refractivity contribution in [2.45, 2.75) is 19.4 Å². The molecule has 4 rings (SSSR count). The zero-order chi connectivity index (χ0) is 24.2. The minimum Gasteiger partial charge on any atom is -0.497 e. The van der Waals surface area contributed by atoms with Crippen molar-refractivity contribution < 1.29 is 28.7 Å². The topological polar surface area (TPSA) is 105 Å². The normalized spacial score (nSPS) is 15.4. The maximum Gasteiger partial charge on any atom is 0.276 e. The number of anilines is 1. The molecule has 9 heteroatoms. The van der Waals surface area contributed by atoms with Crippen molar-refractivity contribution in [3.63, 3.8) is 0 Å². The van der Waals surface area contributed by atoms with Gasteiger partial charge in [-0.25, -0.2) is 9.91 Å². The number of nitrogens with zero attached hydrogens (tertiary/aromatic N) is 2. The number of rotatable bonds is 6. The number of carbonyl (C=O) groups excluding carboxylic acids is 4. The van der Waals surface area contributed by atoms with Crippen LogP contribution in [0.5, 0.6) is 11.5 Å². The number of imide groups is 1. The van der Waals surface area contributed by atoms with Crippen molar-refractivity contribution in [3.8, 4) is 11.5 Å². The van der Waals surface area contributed by atoms with E-state index in [4.69, 9.17) is 9.47 Å². The van der Waals surface area contributed by atoms with Gasteiger partial charge in [0.1, 0.15) is 17.5 Å². The van der Waals surface area contributed by atoms with Crippen LogP contribution in [0.25, 0.3) is 10.8 Å². The third-order valence-corrected chi connectivity index (χ3v) is 5.42. The van der Waals surface area contributed by atoms with Crippen LogP contribution in [0.2, 0.25) is 0 Å². The van der Waals surface area contributed by atoms with Crippen LogP contribution in [-0.4, -0.2) is 48.4 Å². The quantitative estimate of drug-likeness (QED) is 0.447. The molecule has 3 aromatic rings. The molecule has 0 spiro atoms. The van der Waals surface area contributed by atoms with Crippen molar-refractivity contribution in [2.24, 2.45) is 0 Å². The highest BCUT2D eigenvalue weighted by molar-refractivity contribution is 6.23. The molecule has 174 valence electrons. The Morgan fingerprint density at radius 3 is 2.50 bits per heavy atom. The molecule has 1 atom stereocenters. The first-order valence-electron chi connectivity index (χ1n) is 10.6. The Labute approximate surface area is 195 Å². The van der Waals surface area contributed by atoms with E-state index in [1.54, 1.807) is 36.4 Å². The smallest absolute Gasteiger partial charge is 0.276 e. The number of hydrogen-bond acceptors (Lipinski definition) is 6. The molecule has 0 bridgehead atoms. The average Bonchev–Trinajstić information content (AvgIpc) is 3.14. The van der Waals surface area contributed by atoms with Crippen LogP contribution >= 0.6 is 0 Å². The Hall–Kier alpha value is -4.40. The average molecular weight is 461 g/mol. The van der Waals surface area contributed by atoms with E-state index >= 15 is 0 Å². The van der Waals surface area contributed by atoms with Gasteiger partial charge in [-0.05, 0) is 35.0 Å². The number of amides is 4. The summed E-state index contributed by atoms with van der Waals surface area (Å²) in [6, 6.07) is 18.4. The van der Waals surface area contributed by atoms with E-state index in [1.807, 2.05) is 30.3 Å². The van der Waals surface area contributed by atoms with Crippen molar-refractivity contribution in [1.29, 1.82) is 0 Å². The molecule has 0 radical (unpaired) electrons. The van der Waals surface area contributed by atoms with Gasteiger partial charge in [-0.15, -0.1) is 0 Å². The number of hydrogen-bond donors (Lipinski definition) is 1. The van der Waals surface area contributed by atoms with Gasteiger partial charge in [0, 0.05) is 13.0 Å². The Bertz CT molecular complexity index is 1270. The first-order chi connectivity index (χ1) is 16.4. The molecule has 1 N–H and O–H groups in total. The summed E-state index contributed by atoms with van der Waals surface area (Å²) in [5.41, 5.74) is 2.73. The standard InChI is InChI=1S/C25H23N3O6/c1-16(29)28(22-14-24(31)27(25(22)32)19-8-5-9-20(13-19)33-2)26-23(30)15-34-21-11-10-17-6-3-4-7-18(17)12-21/h3-13,22H,14-15H2,1-2H3,(H,26,30). The SMILES string of the molecule is COc1cccc(N2C(=O)CC(N(NC(=O)COc3ccc4ccccc4c3)C(C)=O)C2=O)c1. The number of ether oxygens (including phenoxy) is 2. The fraction of sp³-hybridized carbons (Fsp3) is 0.200. The van der Waals surface area contributed by atoms with Crippen LogP contribution in [0.4, 0.5) is 5.69 Å². The van der Waals surface area contributed by atoms with Crippen molar-refractivity contribution >= 4 is 40.1 Å². The second-order valence-electron chi connectivity index (χ2n) is 7.71. The van der Waals surface area contributed by atoms with Crippen LogP contribution in [0.1, 0.15) is 13.3 Å². The molecule has 1 heterocycles. The largest absolute Gasteiger partial charge is 0.497 e. The van der Waals surface area contributed by atoms with Crippen LogP contribution in [0, 0.1) is 0 Å². The summed E-state index contributed by atoms with van der Waals surface area (Å²) in [6.45, 7) is 0.826. The van der Waals surface area contributed by atoms with E-state index in [-0.39, 0.29) is 13.0 Å². The maximum atomic E-state index is 13.0. The second kappa shape index (κ2) is 9.62. The monoisotopic (exact) mass is 461 g/mol. The Morgan fingerprint density at radius 2 is 1.76 bits per heavy atom. The number of hydrazine groups is 1. The van der Waals surface area contributed by atoms with Gasteiger partial charge >= 0.3 is 0 Å². The van der Waals surface area contributed by atoms with E-state index in [1.165, 1.54) is 14.0 Å². The van der Waals surface area contributed by atoms with E-state index < -0.39 is 29.7 Å². The lowest BCUT2D eigenvalue weighted by atomic mass is 10.1. The van der Waals surface area contributed by atoms with Gasteiger partial charge in [-0.1, -0.05) is 36.4 Å². The fourth-order valence-electron chi connectivity index (χ4n) is 3.79. The van der Waals surface area contributed by atoms with E-state index in [0.29, 0.717) is 17.2 Å². The van der Waals surface area contributed by atoms with Crippen LogP contribution in [0.3, 0.4) is 0 Å². The summed E-state index contributed by atoms with van der Waals surface area (Å²) < 4.78 is 10.7. The molecular formula is C25H23N3O6. The molecule has 1 aliphatic rings. The number of nitrogens with one attached hydrogen (secondary N) is 1. The fourth-order valence-corrected chi connectivity index (χ4v) is 3.79. The molecule has 1 saturated heterocycles. The van der Waals surface area contributed by atoms with E-state index in [2.05, 4.69) is 5.43 Å². The Morgan fingerprint density at radius 1 is 1.00 bits per heavy atom. The molecule has 3 aromatic carbocycles. The summed E-state index contributed by atoms with van der Waals surface area (Å²) in [6.07, 6.45) is -0.262. The van der Waals surface area contributed by atoms with Gasteiger partial charge < -0.3 is 9.47 Å². The first-order valence-corrected chi connectivity index (χ1v) is 10.6. The van der Waals surface area contributed by atoms with Crippen molar-refractivity contribution in [3.05, 3.63) is 66.7 Å². The summed E-state index contributed by atoms with van der Waals surface area (Å²) in [7, 11) is 1.47. The molecule has 1 unspecified atom stereocenters. The molecule has 0 saturated carbocycles. The van der Waals surface area contributed by atoms with Gasteiger partial charge in [0.05, 0.1) is 19.2 Å². The molecule has 0 aromatic heterocycles. The lowest BCUT2D eigenvalue weighted by Crippen LogP contribution is -2.54. The highest BCUT2D eigenvalue weighted by Gasteiger charge is 2.44. The number of carbonyl (C=O) groups is 4. The maximum absolute atomic E-state index is 13.0. The molecule has 1 aliphatic heterocycles. The van der Waals surface area contributed by atoms with Gasteiger partial charge in [0.25, 0.3) is 11.8 Å². The molecule has 9 nitrogen and oxygen atoms in total. The molecule has 1 fully saturated rings. The molecule has 0 aliphatic carbocycles. The van der Waals surface area contributed by atoms with E-state index in [9.17, 15) is 19.2 Å². The predicted octanol–water partition coefficient (Wildman–Crippen LogP) is 2.44. The van der Waals surface area contributed by atoms with Crippen LogP contribution in [-0.2, 0) is 19.2 Å². The van der Waals surface area contributed by atoms with Crippen molar-refractivity contribution in [1.82, 2.24) is 10.4 Å². The highest BCUT2D eigenvalue weighted by atomic mass is 16.5.